The van der Waals surface area contributed by atoms with Crippen molar-refractivity contribution in [2.24, 2.45) is 5.10 Å². The number of aliphatic hydroxyl groups is 4. The first kappa shape index (κ1) is 22.2. The Morgan fingerprint density at radius 3 is 2.87 bits per heavy atom. The van der Waals surface area contributed by atoms with Crippen LogP contribution < -0.4 is 10.2 Å². The number of hydrogen-bond donors (Lipinski definition) is 5. The summed E-state index contributed by atoms with van der Waals surface area (Å²) in [5.74, 6) is 0.193. The molecule has 2 aromatic heterocycles. The van der Waals surface area contributed by atoms with E-state index in [0.29, 0.717) is 11.3 Å². The standard InChI is InChI=1S/C18H21N7O6/c26-9-13(28)18(30)12(27)7-20-22-16(29)8-25-23-15(21-24-25)10-31-14-5-1-3-11-4-2-6-19-17(11)14/h1-7,12-13,18,26-28,30H,8-10H2,(H,22,29)/b20-7+/t12-,13-,18+/m1/s1. The number of ether oxygens (including phenoxy) is 1. The fraction of sp³-hybridized carbons (Fsp3) is 0.333. The fourth-order valence-corrected chi connectivity index (χ4v) is 2.51. The molecule has 3 rings (SSSR count). The second-order valence-corrected chi connectivity index (χ2v) is 6.40. The number of aromatic nitrogens is 5. The topological polar surface area (TPSA) is 188 Å². The summed E-state index contributed by atoms with van der Waals surface area (Å²) in [6, 6.07) is 9.28. The molecule has 0 fully saturated rings. The quantitative estimate of drug-likeness (QED) is 0.177. The smallest absolute Gasteiger partial charge is 0.263 e. The minimum absolute atomic E-state index is 0.0206. The van der Waals surface area contributed by atoms with Crippen LogP contribution in [-0.4, -0.2) is 82.7 Å². The van der Waals surface area contributed by atoms with E-state index in [-0.39, 0.29) is 19.0 Å². The molecule has 13 heteroatoms. The van der Waals surface area contributed by atoms with Gasteiger partial charge in [-0.1, -0.05) is 18.2 Å². The molecular formula is C18H21N7O6. The lowest BCUT2D eigenvalue weighted by Crippen LogP contribution is -2.40. The van der Waals surface area contributed by atoms with Crippen molar-refractivity contribution in [2.75, 3.05) is 6.61 Å². The van der Waals surface area contributed by atoms with Crippen LogP contribution in [0.25, 0.3) is 10.9 Å². The Bertz CT molecular complexity index is 1040. The molecule has 13 nitrogen and oxygen atoms in total. The van der Waals surface area contributed by atoms with E-state index in [1.54, 1.807) is 12.3 Å². The number of hydrogen-bond acceptors (Lipinski definition) is 11. The number of fused-ring (bicyclic) bond motifs is 1. The summed E-state index contributed by atoms with van der Waals surface area (Å²) in [5, 5.41) is 53.0. The van der Waals surface area contributed by atoms with Crippen LogP contribution in [0.3, 0.4) is 0 Å². The van der Waals surface area contributed by atoms with Gasteiger partial charge in [0.25, 0.3) is 5.91 Å². The summed E-state index contributed by atoms with van der Waals surface area (Å²) in [7, 11) is 0. The number of tetrazole rings is 1. The molecule has 0 aliphatic heterocycles. The van der Waals surface area contributed by atoms with Gasteiger partial charge in [-0.05, 0) is 17.3 Å². The molecule has 0 spiro atoms. The van der Waals surface area contributed by atoms with E-state index >= 15 is 0 Å². The number of amides is 1. The summed E-state index contributed by atoms with van der Waals surface area (Å²) >= 11 is 0. The maximum absolute atomic E-state index is 11.9. The summed E-state index contributed by atoms with van der Waals surface area (Å²) < 4.78 is 5.71. The van der Waals surface area contributed by atoms with Gasteiger partial charge in [-0.25, -0.2) is 5.43 Å². The van der Waals surface area contributed by atoms with E-state index in [9.17, 15) is 20.1 Å². The highest BCUT2D eigenvalue weighted by Gasteiger charge is 2.22. The van der Waals surface area contributed by atoms with Crippen LogP contribution >= 0.6 is 0 Å². The first-order valence-electron chi connectivity index (χ1n) is 9.18. The molecule has 164 valence electrons. The van der Waals surface area contributed by atoms with Gasteiger partial charge in [-0.15, -0.1) is 10.2 Å². The van der Waals surface area contributed by atoms with Gasteiger partial charge in [0, 0.05) is 11.6 Å². The highest BCUT2D eigenvalue weighted by Crippen LogP contribution is 2.23. The third-order valence-electron chi connectivity index (χ3n) is 4.08. The Labute approximate surface area is 175 Å². The highest BCUT2D eigenvalue weighted by molar-refractivity contribution is 5.84. The zero-order valence-corrected chi connectivity index (χ0v) is 16.2. The van der Waals surface area contributed by atoms with Crippen molar-refractivity contribution >= 4 is 23.0 Å². The first-order chi connectivity index (χ1) is 15.0. The largest absolute Gasteiger partial charge is 0.483 e. The number of para-hydroxylation sites is 1. The average Bonchev–Trinajstić information content (AvgIpc) is 3.23. The first-order valence-corrected chi connectivity index (χ1v) is 9.18. The highest BCUT2D eigenvalue weighted by atomic mass is 16.5. The fourth-order valence-electron chi connectivity index (χ4n) is 2.51. The van der Waals surface area contributed by atoms with Crippen LogP contribution in [0, 0.1) is 0 Å². The molecule has 0 unspecified atom stereocenters. The van der Waals surface area contributed by atoms with Gasteiger partial charge in [0.2, 0.25) is 5.82 Å². The normalized spacial score (nSPS) is 14.5. The van der Waals surface area contributed by atoms with Crippen molar-refractivity contribution in [3.8, 4) is 5.75 Å². The van der Waals surface area contributed by atoms with Gasteiger partial charge < -0.3 is 25.2 Å². The minimum Gasteiger partial charge on any atom is -0.483 e. The maximum Gasteiger partial charge on any atom is 0.263 e. The third-order valence-corrected chi connectivity index (χ3v) is 4.08. The molecule has 0 bridgehead atoms. The number of rotatable bonds is 10. The molecule has 0 saturated carbocycles. The molecule has 2 heterocycles. The monoisotopic (exact) mass is 431 g/mol. The van der Waals surface area contributed by atoms with Crippen molar-refractivity contribution in [1.29, 1.82) is 0 Å². The SMILES string of the molecule is O=C(Cn1nnc(COc2cccc3cccnc23)n1)N/N=C/[C@@H](O)[C@H](O)[C@H](O)CO. The molecule has 0 aliphatic rings. The lowest BCUT2D eigenvalue weighted by Gasteiger charge is -2.17. The second-order valence-electron chi connectivity index (χ2n) is 6.40. The Hall–Kier alpha value is -3.52. The molecule has 5 N–H and O–H groups in total. The van der Waals surface area contributed by atoms with Crippen LogP contribution in [0.15, 0.2) is 41.6 Å². The van der Waals surface area contributed by atoms with Gasteiger partial charge >= 0.3 is 0 Å². The molecule has 31 heavy (non-hydrogen) atoms. The lowest BCUT2D eigenvalue weighted by molar-refractivity contribution is -0.122. The number of nitrogens with one attached hydrogen (secondary N) is 1. The number of carbonyl (C=O) groups excluding carboxylic acids is 1. The molecule has 3 atom stereocenters. The third kappa shape index (κ3) is 5.99. The molecule has 0 saturated heterocycles. The van der Waals surface area contributed by atoms with Crippen LogP contribution in [0.1, 0.15) is 5.82 Å². The van der Waals surface area contributed by atoms with Crippen molar-refractivity contribution in [1.82, 2.24) is 30.6 Å². The zero-order chi connectivity index (χ0) is 22.2. The number of aliphatic hydroxyl groups excluding tert-OH is 4. The van der Waals surface area contributed by atoms with E-state index in [1.165, 1.54) is 0 Å². The van der Waals surface area contributed by atoms with Gasteiger partial charge in [0.05, 0.1) is 12.8 Å². The van der Waals surface area contributed by atoms with Gasteiger partial charge in [0.15, 0.2) is 6.61 Å². The molecule has 1 amide bonds. The molecule has 0 radical (unpaired) electrons. The second kappa shape index (κ2) is 10.5. The molecule has 0 aliphatic carbocycles. The molecule has 3 aromatic rings. The summed E-state index contributed by atoms with van der Waals surface area (Å²) in [6.07, 6.45) is -2.30. The van der Waals surface area contributed by atoms with Crippen molar-refractivity contribution in [3.05, 3.63) is 42.4 Å². The van der Waals surface area contributed by atoms with Gasteiger partial charge in [0.1, 0.15) is 36.1 Å². The Morgan fingerprint density at radius 1 is 1.26 bits per heavy atom. The van der Waals surface area contributed by atoms with E-state index in [1.807, 2.05) is 24.3 Å². The summed E-state index contributed by atoms with van der Waals surface area (Å²) in [6.45, 7) is -1.02. The van der Waals surface area contributed by atoms with E-state index in [4.69, 9.17) is 9.84 Å². The minimum atomic E-state index is -1.65. The average molecular weight is 431 g/mol. The predicted molar refractivity (Wildman–Crippen MR) is 106 cm³/mol. The number of benzene rings is 1. The number of nitrogens with zero attached hydrogens (tertiary/aromatic N) is 6. The van der Waals surface area contributed by atoms with Gasteiger partial charge in [-0.2, -0.15) is 9.90 Å². The van der Waals surface area contributed by atoms with Crippen LogP contribution in [-0.2, 0) is 17.9 Å². The molecule has 1 aromatic carbocycles. The van der Waals surface area contributed by atoms with E-state index < -0.39 is 30.8 Å². The van der Waals surface area contributed by atoms with E-state index in [2.05, 4.69) is 30.9 Å². The summed E-state index contributed by atoms with van der Waals surface area (Å²) in [5.41, 5.74) is 2.81. The number of carbonyl (C=O) groups is 1. The Balaban J connectivity index is 1.49. The van der Waals surface area contributed by atoms with Crippen LogP contribution in [0.4, 0.5) is 0 Å². The van der Waals surface area contributed by atoms with E-state index in [0.717, 1.165) is 16.4 Å². The number of pyridine rings is 1. The Morgan fingerprint density at radius 2 is 2.06 bits per heavy atom. The predicted octanol–water partition coefficient (Wildman–Crippen LogP) is -2.02. The van der Waals surface area contributed by atoms with Crippen molar-refractivity contribution < 1.29 is 30.0 Å². The Kier molecular flexibility index (Phi) is 7.50. The number of hydrazone groups is 1. The molecular weight excluding hydrogens is 410 g/mol. The lowest BCUT2D eigenvalue weighted by atomic mass is 10.1. The van der Waals surface area contributed by atoms with Crippen molar-refractivity contribution in [2.45, 2.75) is 31.5 Å². The van der Waals surface area contributed by atoms with Crippen LogP contribution in [0.5, 0.6) is 5.75 Å². The van der Waals surface area contributed by atoms with Crippen molar-refractivity contribution in [3.63, 3.8) is 0 Å². The zero-order valence-electron chi connectivity index (χ0n) is 16.2. The van der Waals surface area contributed by atoms with Crippen LogP contribution in [0.2, 0.25) is 0 Å². The van der Waals surface area contributed by atoms with Gasteiger partial charge in [-0.3, -0.25) is 9.78 Å². The summed E-state index contributed by atoms with van der Waals surface area (Å²) in [4.78, 5) is 17.2. The maximum atomic E-state index is 11.9.